The molecule has 0 saturated carbocycles. The van der Waals surface area contributed by atoms with E-state index < -0.39 is 5.25 Å². The summed E-state index contributed by atoms with van der Waals surface area (Å²) < 4.78 is 1.56. The predicted molar refractivity (Wildman–Crippen MR) is 108 cm³/mol. The van der Waals surface area contributed by atoms with Crippen LogP contribution in [0.5, 0.6) is 0 Å². The van der Waals surface area contributed by atoms with Gasteiger partial charge in [-0.3, -0.25) is 9.36 Å². The summed E-state index contributed by atoms with van der Waals surface area (Å²) in [4.78, 5) is 24.5. The van der Waals surface area contributed by atoms with E-state index in [0.29, 0.717) is 28.8 Å². The minimum absolute atomic E-state index is 0.188. The number of aromatic nitrogens is 3. The van der Waals surface area contributed by atoms with E-state index in [2.05, 4.69) is 15.5 Å². The molecule has 3 rings (SSSR count). The number of aromatic amines is 1. The standard InChI is InChI=1S/C19H19ClN4O2S/c1-13(17(25)21-16-9-5-8-15(20)12-16)27-19-23-22-18(26)24(19)11-10-14-6-3-2-4-7-14/h2-9,12-13H,10-11H2,1H3,(H,21,25)(H,22,26). The van der Waals surface area contributed by atoms with Crippen LogP contribution in [0.1, 0.15) is 12.5 Å². The molecule has 0 spiro atoms. The van der Waals surface area contributed by atoms with Crippen molar-refractivity contribution in [3.05, 3.63) is 75.7 Å². The van der Waals surface area contributed by atoms with E-state index in [9.17, 15) is 9.59 Å². The number of rotatable bonds is 7. The number of benzene rings is 2. The summed E-state index contributed by atoms with van der Waals surface area (Å²) in [5.41, 5.74) is 1.48. The largest absolute Gasteiger partial charge is 0.343 e. The van der Waals surface area contributed by atoms with Gasteiger partial charge < -0.3 is 5.32 Å². The minimum atomic E-state index is -0.436. The summed E-state index contributed by atoms with van der Waals surface area (Å²) in [7, 11) is 0. The second kappa shape index (κ2) is 8.92. The van der Waals surface area contributed by atoms with Crippen molar-refractivity contribution in [2.45, 2.75) is 30.3 Å². The zero-order valence-electron chi connectivity index (χ0n) is 14.7. The van der Waals surface area contributed by atoms with Gasteiger partial charge in [0, 0.05) is 17.3 Å². The second-order valence-electron chi connectivity index (χ2n) is 5.96. The number of hydrogen-bond donors (Lipinski definition) is 2. The number of nitrogens with zero attached hydrogens (tertiary/aromatic N) is 2. The Labute approximate surface area is 165 Å². The Kier molecular flexibility index (Phi) is 6.36. The average molecular weight is 403 g/mol. The van der Waals surface area contributed by atoms with E-state index in [4.69, 9.17) is 11.6 Å². The van der Waals surface area contributed by atoms with E-state index in [1.165, 1.54) is 11.8 Å². The van der Waals surface area contributed by atoms with Crippen LogP contribution in [0.15, 0.2) is 64.5 Å². The average Bonchev–Trinajstić information content (AvgIpc) is 3.00. The molecule has 0 aliphatic rings. The van der Waals surface area contributed by atoms with Crippen molar-refractivity contribution >= 4 is 35.0 Å². The summed E-state index contributed by atoms with van der Waals surface area (Å²) in [5.74, 6) is -0.188. The van der Waals surface area contributed by atoms with E-state index in [-0.39, 0.29) is 11.6 Å². The Balaban J connectivity index is 1.64. The van der Waals surface area contributed by atoms with Gasteiger partial charge in [-0.15, -0.1) is 5.10 Å². The highest BCUT2D eigenvalue weighted by molar-refractivity contribution is 8.00. The van der Waals surface area contributed by atoms with Crippen LogP contribution in [0, 0.1) is 0 Å². The maximum absolute atomic E-state index is 12.4. The maximum Gasteiger partial charge on any atom is 0.343 e. The first-order valence-electron chi connectivity index (χ1n) is 8.45. The fourth-order valence-electron chi connectivity index (χ4n) is 2.50. The number of carbonyl (C=O) groups excluding carboxylic acids is 1. The third-order valence-electron chi connectivity index (χ3n) is 3.93. The summed E-state index contributed by atoms with van der Waals surface area (Å²) in [5, 5.41) is 9.94. The van der Waals surface area contributed by atoms with E-state index in [0.717, 1.165) is 5.56 Å². The van der Waals surface area contributed by atoms with Gasteiger partial charge in [-0.25, -0.2) is 9.89 Å². The topological polar surface area (TPSA) is 79.8 Å². The third kappa shape index (κ3) is 5.24. The van der Waals surface area contributed by atoms with Gasteiger partial charge in [0.2, 0.25) is 5.91 Å². The molecular weight excluding hydrogens is 384 g/mol. The quantitative estimate of drug-likeness (QED) is 0.592. The summed E-state index contributed by atoms with van der Waals surface area (Å²) >= 11 is 7.17. The maximum atomic E-state index is 12.4. The van der Waals surface area contributed by atoms with Crippen LogP contribution >= 0.6 is 23.4 Å². The third-order valence-corrected chi connectivity index (χ3v) is 5.26. The molecule has 140 valence electrons. The van der Waals surface area contributed by atoms with Crippen molar-refractivity contribution in [1.82, 2.24) is 14.8 Å². The van der Waals surface area contributed by atoms with Crippen molar-refractivity contribution in [3.63, 3.8) is 0 Å². The van der Waals surface area contributed by atoms with Crippen molar-refractivity contribution in [1.29, 1.82) is 0 Å². The summed E-state index contributed by atoms with van der Waals surface area (Å²) in [6.45, 7) is 2.26. The molecule has 0 bridgehead atoms. The van der Waals surface area contributed by atoms with Gasteiger partial charge in [0.1, 0.15) is 0 Å². The number of amides is 1. The first kappa shape index (κ1) is 19.3. The zero-order chi connectivity index (χ0) is 19.2. The number of aryl methyl sites for hydroxylation is 1. The molecule has 0 aliphatic heterocycles. The Bertz CT molecular complexity index is 971. The van der Waals surface area contributed by atoms with Crippen LogP contribution in [-0.2, 0) is 17.8 Å². The fourth-order valence-corrected chi connectivity index (χ4v) is 3.57. The summed E-state index contributed by atoms with van der Waals surface area (Å²) in [6, 6.07) is 16.9. The molecule has 1 heterocycles. The van der Waals surface area contributed by atoms with Crippen LogP contribution in [-0.4, -0.2) is 25.9 Å². The van der Waals surface area contributed by atoms with Gasteiger partial charge in [-0.1, -0.05) is 59.8 Å². The number of nitrogens with one attached hydrogen (secondary N) is 2. The first-order chi connectivity index (χ1) is 13.0. The van der Waals surface area contributed by atoms with Gasteiger partial charge in [0.05, 0.1) is 5.25 Å². The number of thioether (sulfide) groups is 1. The van der Waals surface area contributed by atoms with Gasteiger partial charge in [0.25, 0.3) is 0 Å². The van der Waals surface area contributed by atoms with Crippen molar-refractivity contribution in [2.75, 3.05) is 5.32 Å². The van der Waals surface area contributed by atoms with Crippen LogP contribution in [0.2, 0.25) is 5.02 Å². The van der Waals surface area contributed by atoms with Gasteiger partial charge in [-0.05, 0) is 37.1 Å². The van der Waals surface area contributed by atoms with Crippen LogP contribution in [0.25, 0.3) is 0 Å². The number of carbonyl (C=O) groups is 1. The van der Waals surface area contributed by atoms with Gasteiger partial charge >= 0.3 is 5.69 Å². The molecule has 0 saturated heterocycles. The van der Waals surface area contributed by atoms with E-state index in [1.54, 1.807) is 35.8 Å². The van der Waals surface area contributed by atoms with Crippen molar-refractivity contribution < 1.29 is 4.79 Å². The molecule has 2 aromatic carbocycles. The van der Waals surface area contributed by atoms with E-state index >= 15 is 0 Å². The highest BCUT2D eigenvalue weighted by Crippen LogP contribution is 2.22. The molecule has 2 N–H and O–H groups in total. The van der Waals surface area contributed by atoms with Crippen LogP contribution in [0.4, 0.5) is 5.69 Å². The minimum Gasteiger partial charge on any atom is -0.325 e. The Hall–Kier alpha value is -2.51. The van der Waals surface area contributed by atoms with Gasteiger partial charge in [-0.2, -0.15) is 0 Å². The lowest BCUT2D eigenvalue weighted by atomic mass is 10.1. The lowest BCUT2D eigenvalue weighted by Gasteiger charge is -2.12. The number of hydrogen-bond acceptors (Lipinski definition) is 4. The molecule has 0 radical (unpaired) electrons. The smallest absolute Gasteiger partial charge is 0.325 e. The highest BCUT2D eigenvalue weighted by atomic mass is 35.5. The normalized spacial score (nSPS) is 11.9. The predicted octanol–water partition coefficient (Wildman–Crippen LogP) is 3.59. The molecule has 6 nitrogen and oxygen atoms in total. The zero-order valence-corrected chi connectivity index (χ0v) is 16.3. The molecule has 1 unspecified atom stereocenters. The number of halogens is 1. The van der Waals surface area contributed by atoms with Gasteiger partial charge in [0.15, 0.2) is 5.16 Å². The molecule has 1 aromatic heterocycles. The van der Waals surface area contributed by atoms with Crippen molar-refractivity contribution in [2.24, 2.45) is 0 Å². The lowest BCUT2D eigenvalue weighted by Crippen LogP contribution is -2.24. The second-order valence-corrected chi connectivity index (χ2v) is 7.70. The molecule has 8 heteroatoms. The number of anilines is 1. The Morgan fingerprint density at radius 2 is 2.04 bits per heavy atom. The lowest BCUT2D eigenvalue weighted by molar-refractivity contribution is -0.115. The molecular formula is C19H19ClN4O2S. The Morgan fingerprint density at radius 3 is 2.78 bits per heavy atom. The Morgan fingerprint density at radius 1 is 1.26 bits per heavy atom. The number of H-pyrrole nitrogens is 1. The first-order valence-corrected chi connectivity index (χ1v) is 9.71. The van der Waals surface area contributed by atoms with Crippen LogP contribution in [0.3, 0.4) is 0 Å². The highest BCUT2D eigenvalue weighted by Gasteiger charge is 2.19. The molecule has 0 aliphatic carbocycles. The van der Waals surface area contributed by atoms with E-state index in [1.807, 2.05) is 30.3 Å². The SMILES string of the molecule is CC(Sc1n[nH]c(=O)n1CCc1ccccc1)C(=O)Nc1cccc(Cl)c1. The summed E-state index contributed by atoms with van der Waals surface area (Å²) in [6.07, 6.45) is 0.705. The van der Waals surface area contributed by atoms with Crippen LogP contribution < -0.4 is 11.0 Å². The molecule has 0 fully saturated rings. The fraction of sp³-hybridized carbons (Fsp3) is 0.211. The molecule has 1 amide bonds. The van der Waals surface area contributed by atoms with Crippen molar-refractivity contribution in [3.8, 4) is 0 Å². The molecule has 1 atom stereocenters. The molecule has 27 heavy (non-hydrogen) atoms. The monoisotopic (exact) mass is 402 g/mol. The molecule has 3 aromatic rings.